The molecule has 2 nitrogen and oxygen atoms in total. The summed E-state index contributed by atoms with van der Waals surface area (Å²) in [6.07, 6.45) is 0. The highest BCUT2D eigenvalue weighted by molar-refractivity contribution is 6.32. The fraction of sp³-hybridized carbons (Fsp3) is 0.0769. The Bertz CT molecular complexity index is 511. The van der Waals surface area contributed by atoms with Crippen LogP contribution in [0.15, 0.2) is 36.4 Å². The molecule has 0 aliphatic carbocycles. The summed E-state index contributed by atoms with van der Waals surface area (Å²) in [6, 6.07) is 11.9. The van der Waals surface area contributed by atoms with Crippen LogP contribution in [0.3, 0.4) is 0 Å². The number of benzene rings is 2. The van der Waals surface area contributed by atoms with Crippen molar-refractivity contribution in [2.45, 2.75) is 0 Å². The van der Waals surface area contributed by atoms with Gasteiger partial charge in [-0.2, -0.15) is 0 Å². The molecule has 0 aromatic heterocycles. The molecule has 0 bridgehead atoms. The summed E-state index contributed by atoms with van der Waals surface area (Å²) in [5.74, 6) is 1.16. The average Bonchev–Trinajstić information content (AvgIpc) is 2.34. The van der Waals surface area contributed by atoms with E-state index >= 15 is 0 Å². The normalized spacial score (nSPS) is 10.1. The molecule has 0 spiro atoms. The van der Waals surface area contributed by atoms with E-state index in [0.717, 1.165) is 11.8 Å². The van der Waals surface area contributed by atoms with Crippen molar-refractivity contribution in [2.24, 2.45) is 0 Å². The summed E-state index contributed by atoms with van der Waals surface area (Å²) in [7, 11) is 1.58. The van der Waals surface area contributed by atoms with Gasteiger partial charge in [0.15, 0.2) is 0 Å². The van der Waals surface area contributed by atoms with Crippen LogP contribution in [0.2, 0.25) is 5.02 Å². The fourth-order valence-electron chi connectivity index (χ4n) is 1.28. The van der Waals surface area contributed by atoms with Crippen molar-refractivity contribution >= 4 is 11.6 Å². The van der Waals surface area contributed by atoms with E-state index in [1.54, 1.807) is 31.4 Å². The number of rotatable bonds is 3. The molecule has 87 valence electrons. The lowest BCUT2D eigenvalue weighted by atomic mass is 10.3. The van der Waals surface area contributed by atoms with Gasteiger partial charge in [0.05, 0.1) is 12.1 Å². The van der Waals surface area contributed by atoms with Crippen LogP contribution in [0.4, 0.5) is 4.39 Å². The Morgan fingerprint density at radius 1 is 1.18 bits per heavy atom. The van der Waals surface area contributed by atoms with Crippen LogP contribution in [-0.4, -0.2) is 7.11 Å². The van der Waals surface area contributed by atoms with E-state index in [2.05, 4.69) is 6.07 Å². The summed E-state index contributed by atoms with van der Waals surface area (Å²) < 4.78 is 23.3. The Morgan fingerprint density at radius 2 is 1.82 bits per heavy atom. The van der Waals surface area contributed by atoms with Gasteiger partial charge in [-0.05, 0) is 36.4 Å². The van der Waals surface area contributed by atoms with E-state index in [1.807, 2.05) is 0 Å². The lowest BCUT2D eigenvalue weighted by molar-refractivity contribution is 0.413. The maximum absolute atomic E-state index is 12.8. The van der Waals surface area contributed by atoms with Gasteiger partial charge in [0.1, 0.15) is 23.1 Å². The van der Waals surface area contributed by atoms with Crippen LogP contribution >= 0.6 is 11.6 Å². The van der Waals surface area contributed by atoms with Crippen LogP contribution in [-0.2, 0) is 0 Å². The smallest absolute Gasteiger partial charge is 0.146 e. The third-order valence-electron chi connectivity index (χ3n) is 2.12. The minimum atomic E-state index is -0.517. The zero-order chi connectivity index (χ0) is 12.3. The number of hydrogen-bond acceptors (Lipinski definition) is 2. The van der Waals surface area contributed by atoms with Gasteiger partial charge in [-0.1, -0.05) is 11.6 Å². The van der Waals surface area contributed by atoms with Gasteiger partial charge < -0.3 is 9.47 Å². The zero-order valence-corrected chi connectivity index (χ0v) is 9.79. The Kier molecular flexibility index (Phi) is 3.49. The van der Waals surface area contributed by atoms with E-state index < -0.39 is 5.82 Å². The highest BCUT2D eigenvalue weighted by Crippen LogP contribution is 2.30. The molecule has 0 heterocycles. The SMILES string of the molecule is COc1ccc(Oc2c[c]c(F)cc2Cl)cc1. The highest BCUT2D eigenvalue weighted by atomic mass is 35.5. The molecule has 2 aromatic rings. The molecule has 0 aliphatic heterocycles. The Hall–Kier alpha value is -1.74. The van der Waals surface area contributed by atoms with E-state index in [1.165, 1.54) is 6.07 Å². The molecule has 0 unspecified atom stereocenters. The molecular weight excluding hydrogens is 243 g/mol. The summed E-state index contributed by atoms with van der Waals surface area (Å²) in [6.45, 7) is 0. The van der Waals surface area contributed by atoms with E-state index in [4.69, 9.17) is 21.1 Å². The Balaban J connectivity index is 2.19. The maximum atomic E-state index is 12.8. The summed E-state index contributed by atoms with van der Waals surface area (Å²) in [5.41, 5.74) is 0. The van der Waals surface area contributed by atoms with Crippen LogP contribution < -0.4 is 9.47 Å². The van der Waals surface area contributed by atoms with Crippen molar-refractivity contribution in [1.29, 1.82) is 0 Å². The van der Waals surface area contributed by atoms with Gasteiger partial charge in [-0.3, -0.25) is 0 Å². The van der Waals surface area contributed by atoms with Crippen LogP contribution in [0.5, 0.6) is 17.2 Å². The van der Waals surface area contributed by atoms with E-state index in [0.29, 0.717) is 11.5 Å². The first kappa shape index (κ1) is 11.7. The molecule has 0 atom stereocenters. The first-order valence-electron chi connectivity index (χ1n) is 4.87. The van der Waals surface area contributed by atoms with Crippen molar-refractivity contribution in [3.8, 4) is 17.2 Å². The first-order valence-corrected chi connectivity index (χ1v) is 5.25. The van der Waals surface area contributed by atoms with Gasteiger partial charge in [-0.15, -0.1) is 0 Å². The van der Waals surface area contributed by atoms with Gasteiger partial charge in [0, 0.05) is 6.07 Å². The molecule has 1 radical (unpaired) electrons. The topological polar surface area (TPSA) is 18.5 Å². The first-order chi connectivity index (χ1) is 8.19. The second-order valence-corrected chi connectivity index (χ2v) is 3.68. The van der Waals surface area contributed by atoms with Gasteiger partial charge in [0.2, 0.25) is 0 Å². The predicted molar refractivity (Wildman–Crippen MR) is 63.3 cm³/mol. The van der Waals surface area contributed by atoms with E-state index in [-0.39, 0.29) is 5.02 Å². The number of hydrogen-bond donors (Lipinski definition) is 0. The molecular formula is C13H9ClFO2. The van der Waals surface area contributed by atoms with Crippen molar-refractivity contribution in [2.75, 3.05) is 7.11 Å². The van der Waals surface area contributed by atoms with Crippen LogP contribution in [0, 0.1) is 11.9 Å². The second-order valence-electron chi connectivity index (χ2n) is 3.27. The molecule has 0 aliphatic rings. The highest BCUT2D eigenvalue weighted by Gasteiger charge is 2.04. The lowest BCUT2D eigenvalue weighted by Gasteiger charge is -2.07. The molecule has 0 fully saturated rings. The minimum absolute atomic E-state index is 0.206. The fourth-order valence-corrected chi connectivity index (χ4v) is 1.47. The lowest BCUT2D eigenvalue weighted by Crippen LogP contribution is -1.87. The largest absolute Gasteiger partial charge is 0.497 e. The molecule has 0 N–H and O–H groups in total. The van der Waals surface area contributed by atoms with Gasteiger partial charge >= 0.3 is 0 Å². The Morgan fingerprint density at radius 3 is 2.41 bits per heavy atom. The minimum Gasteiger partial charge on any atom is -0.497 e. The molecule has 0 saturated heterocycles. The third-order valence-corrected chi connectivity index (χ3v) is 2.41. The molecule has 2 rings (SSSR count). The third kappa shape index (κ3) is 2.88. The maximum Gasteiger partial charge on any atom is 0.146 e. The standard InChI is InChI=1S/C13H9ClFO2/c1-16-10-3-5-11(6-4-10)17-13-7-2-9(15)8-12(13)14/h3-8H,1H3. The zero-order valence-electron chi connectivity index (χ0n) is 9.04. The number of halogens is 2. The van der Waals surface area contributed by atoms with Crippen molar-refractivity contribution in [3.63, 3.8) is 0 Å². The second kappa shape index (κ2) is 5.06. The number of methoxy groups -OCH3 is 1. The van der Waals surface area contributed by atoms with Gasteiger partial charge in [-0.25, -0.2) is 4.39 Å². The van der Waals surface area contributed by atoms with Crippen LogP contribution in [0.1, 0.15) is 0 Å². The monoisotopic (exact) mass is 251 g/mol. The molecule has 2 aromatic carbocycles. The van der Waals surface area contributed by atoms with Crippen molar-refractivity contribution in [3.05, 3.63) is 53.3 Å². The molecule has 17 heavy (non-hydrogen) atoms. The summed E-state index contributed by atoms with van der Waals surface area (Å²) in [5, 5.41) is 0.206. The Labute approximate surface area is 104 Å². The average molecular weight is 252 g/mol. The molecule has 4 heteroatoms. The molecule has 0 amide bonds. The van der Waals surface area contributed by atoms with Crippen molar-refractivity contribution in [1.82, 2.24) is 0 Å². The van der Waals surface area contributed by atoms with E-state index in [9.17, 15) is 4.39 Å². The quantitative estimate of drug-likeness (QED) is 0.818. The summed E-state index contributed by atoms with van der Waals surface area (Å²) >= 11 is 5.83. The van der Waals surface area contributed by atoms with Gasteiger partial charge in [0.25, 0.3) is 0 Å². The number of ether oxygens (including phenoxy) is 2. The molecule has 0 saturated carbocycles. The van der Waals surface area contributed by atoms with Crippen molar-refractivity contribution < 1.29 is 13.9 Å². The predicted octanol–water partition coefficient (Wildman–Crippen LogP) is 4.08. The summed E-state index contributed by atoms with van der Waals surface area (Å²) in [4.78, 5) is 0. The van der Waals surface area contributed by atoms with Crippen LogP contribution in [0.25, 0.3) is 0 Å².